The molecule has 2 heterocycles. The second-order valence-electron chi connectivity index (χ2n) is 2.90. The Hall–Kier alpha value is -1.11. The van der Waals surface area contributed by atoms with E-state index in [9.17, 15) is 8.42 Å². The molecule has 2 aromatic rings. The maximum atomic E-state index is 11.8. The summed E-state index contributed by atoms with van der Waals surface area (Å²) in [5.41, 5.74) is 0. The molecule has 4 nitrogen and oxygen atoms in total. The van der Waals surface area contributed by atoms with Crippen molar-refractivity contribution in [3.8, 4) is 0 Å². The van der Waals surface area contributed by atoms with Gasteiger partial charge in [-0.3, -0.25) is 4.72 Å². The zero-order valence-electron chi connectivity index (χ0n) is 7.92. The second-order valence-corrected chi connectivity index (χ2v) is 6.19. The van der Waals surface area contributed by atoms with E-state index < -0.39 is 10.0 Å². The first kappa shape index (κ1) is 11.4. The molecule has 84 valence electrons. The molecule has 2 rings (SSSR count). The van der Waals surface area contributed by atoms with Crippen LogP contribution in [0, 0.1) is 0 Å². The van der Waals surface area contributed by atoms with E-state index in [4.69, 9.17) is 11.6 Å². The Balaban J connectivity index is 2.29. The molecule has 0 saturated carbocycles. The van der Waals surface area contributed by atoms with Crippen molar-refractivity contribution < 1.29 is 8.42 Å². The number of nitrogens with one attached hydrogen (secondary N) is 1. The van der Waals surface area contributed by atoms with Crippen LogP contribution in [0.4, 0.5) is 5.82 Å². The van der Waals surface area contributed by atoms with Gasteiger partial charge in [0, 0.05) is 17.3 Å². The van der Waals surface area contributed by atoms with Crippen LogP contribution in [-0.4, -0.2) is 13.4 Å². The topological polar surface area (TPSA) is 59.1 Å². The number of thiophene rings is 1. The van der Waals surface area contributed by atoms with Gasteiger partial charge in [0.15, 0.2) is 0 Å². The zero-order chi connectivity index (χ0) is 11.6. The molecule has 0 radical (unpaired) electrons. The highest BCUT2D eigenvalue weighted by atomic mass is 35.5. The van der Waals surface area contributed by atoms with Crippen molar-refractivity contribution in [2.45, 2.75) is 4.21 Å². The average Bonchev–Trinajstić information content (AvgIpc) is 2.69. The summed E-state index contributed by atoms with van der Waals surface area (Å²) < 4.78 is 26.2. The van der Waals surface area contributed by atoms with Crippen LogP contribution in [0.5, 0.6) is 0 Å². The Kier molecular flexibility index (Phi) is 3.13. The normalized spacial score (nSPS) is 11.3. The Morgan fingerprint density at radius 2 is 2.19 bits per heavy atom. The van der Waals surface area contributed by atoms with Crippen molar-refractivity contribution in [2.75, 3.05) is 4.72 Å². The van der Waals surface area contributed by atoms with Crippen molar-refractivity contribution in [1.82, 2.24) is 4.98 Å². The quantitative estimate of drug-likeness (QED) is 0.936. The number of pyridine rings is 1. The summed E-state index contributed by atoms with van der Waals surface area (Å²) in [6.07, 6.45) is 1.44. The third-order valence-electron chi connectivity index (χ3n) is 1.72. The summed E-state index contributed by atoms with van der Waals surface area (Å²) in [5.74, 6) is 0.209. The minimum absolute atomic E-state index is 0.209. The third-order valence-corrected chi connectivity index (χ3v) is 4.71. The van der Waals surface area contributed by atoms with E-state index in [2.05, 4.69) is 9.71 Å². The van der Waals surface area contributed by atoms with Gasteiger partial charge in [-0.1, -0.05) is 17.7 Å². The molecule has 16 heavy (non-hydrogen) atoms. The van der Waals surface area contributed by atoms with Crippen LogP contribution in [0.25, 0.3) is 0 Å². The summed E-state index contributed by atoms with van der Waals surface area (Å²) in [5, 5.41) is 2.12. The molecule has 0 saturated heterocycles. The van der Waals surface area contributed by atoms with E-state index >= 15 is 0 Å². The monoisotopic (exact) mass is 274 g/mol. The van der Waals surface area contributed by atoms with Crippen LogP contribution in [0.15, 0.2) is 40.1 Å². The minimum Gasteiger partial charge on any atom is -0.263 e. The molecule has 0 atom stereocenters. The van der Waals surface area contributed by atoms with E-state index in [0.29, 0.717) is 5.02 Å². The van der Waals surface area contributed by atoms with E-state index in [1.54, 1.807) is 17.5 Å². The Morgan fingerprint density at radius 1 is 1.38 bits per heavy atom. The van der Waals surface area contributed by atoms with E-state index in [0.717, 1.165) is 11.3 Å². The number of sulfonamides is 1. The predicted octanol–water partition coefficient (Wildman–Crippen LogP) is 2.60. The van der Waals surface area contributed by atoms with Crippen molar-refractivity contribution >= 4 is 38.8 Å². The van der Waals surface area contributed by atoms with Crippen molar-refractivity contribution in [1.29, 1.82) is 0 Å². The molecule has 0 amide bonds. The first-order chi connectivity index (χ1) is 7.58. The Morgan fingerprint density at radius 3 is 2.81 bits per heavy atom. The zero-order valence-corrected chi connectivity index (χ0v) is 10.3. The number of halogens is 1. The largest absolute Gasteiger partial charge is 0.272 e. The predicted molar refractivity (Wildman–Crippen MR) is 64.4 cm³/mol. The number of hydrogen-bond donors (Lipinski definition) is 1. The molecule has 0 aliphatic carbocycles. The SMILES string of the molecule is O=S(=O)(Nc1cc(Cl)ccn1)c1cccs1. The second kappa shape index (κ2) is 4.40. The van der Waals surface area contributed by atoms with Crippen LogP contribution in [0.1, 0.15) is 0 Å². The summed E-state index contributed by atoms with van der Waals surface area (Å²) in [6, 6.07) is 6.22. The number of nitrogens with zero attached hydrogens (tertiary/aromatic N) is 1. The fourth-order valence-corrected chi connectivity index (χ4v) is 3.22. The minimum atomic E-state index is -3.54. The number of anilines is 1. The smallest absolute Gasteiger partial charge is 0.263 e. The van der Waals surface area contributed by atoms with Crippen LogP contribution in [0.3, 0.4) is 0 Å². The molecule has 7 heteroatoms. The number of hydrogen-bond acceptors (Lipinski definition) is 4. The molecule has 0 unspecified atom stereocenters. The van der Waals surface area contributed by atoms with E-state index in [1.165, 1.54) is 18.3 Å². The van der Waals surface area contributed by atoms with E-state index in [1.807, 2.05) is 0 Å². The van der Waals surface area contributed by atoms with Crippen molar-refractivity contribution in [3.63, 3.8) is 0 Å². The number of rotatable bonds is 3. The molecular weight excluding hydrogens is 268 g/mol. The van der Waals surface area contributed by atoms with Gasteiger partial charge in [0.1, 0.15) is 10.0 Å². The lowest BCUT2D eigenvalue weighted by Gasteiger charge is -2.04. The molecule has 0 aliphatic heterocycles. The van der Waals surface area contributed by atoms with Crippen LogP contribution in [-0.2, 0) is 10.0 Å². The molecule has 0 spiro atoms. The summed E-state index contributed by atoms with van der Waals surface area (Å²) in [4.78, 5) is 3.86. The standard InChI is InChI=1S/C9H7ClN2O2S2/c10-7-3-4-11-8(6-7)12-16(13,14)9-2-1-5-15-9/h1-6H,(H,11,12). The molecule has 0 bridgehead atoms. The van der Waals surface area contributed by atoms with Crippen molar-refractivity contribution in [3.05, 3.63) is 40.9 Å². The van der Waals surface area contributed by atoms with Gasteiger partial charge in [0.05, 0.1) is 0 Å². The maximum Gasteiger partial charge on any atom is 0.272 e. The maximum absolute atomic E-state index is 11.8. The molecule has 2 aromatic heterocycles. The number of aromatic nitrogens is 1. The average molecular weight is 275 g/mol. The third kappa shape index (κ3) is 2.52. The van der Waals surface area contributed by atoms with Gasteiger partial charge in [-0.25, -0.2) is 13.4 Å². The lowest BCUT2D eigenvalue weighted by molar-refractivity contribution is 0.603. The molecule has 0 aliphatic rings. The fourth-order valence-electron chi connectivity index (χ4n) is 1.06. The molecule has 1 N–H and O–H groups in total. The van der Waals surface area contributed by atoms with Gasteiger partial charge in [-0.2, -0.15) is 0 Å². The Bertz CT molecular complexity index is 581. The van der Waals surface area contributed by atoms with Crippen molar-refractivity contribution in [2.24, 2.45) is 0 Å². The van der Waals surface area contributed by atoms with Gasteiger partial charge in [0.25, 0.3) is 10.0 Å². The first-order valence-electron chi connectivity index (χ1n) is 4.26. The fraction of sp³-hybridized carbons (Fsp3) is 0. The molecular formula is C9H7ClN2O2S2. The van der Waals surface area contributed by atoms with E-state index in [-0.39, 0.29) is 10.0 Å². The van der Waals surface area contributed by atoms with Crippen LogP contribution >= 0.6 is 22.9 Å². The highest BCUT2D eigenvalue weighted by Crippen LogP contribution is 2.20. The lowest BCUT2D eigenvalue weighted by atomic mass is 10.5. The highest BCUT2D eigenvalue weighted by molar-refractivity contribution is 7.94. The summed E-state index contributed by atoms with van der Waals surface area (Å²) in [6.45, 7) is 0. The Labute approximate surface area is 102 Å². The molecule has 0 aromatic carbocycles. The van der Waals surface area contributed by atoms with Gasteiger partial charge in [0.2, 0.25) is 0 Å². The van der Waals surface area contributed by atoms with Crippen LogP contribution < -0.4 is 4.72 Å². The lowest BCUT2D eigenvalue weighted by Crippen LogP contribution is -2.12. The van der Waals surface area contributed by atoms with Gasteiger partial charge < -0.3 is 0 Å². The highest BCUT2D eigenvalue weighted by Gasteiger charge is 2.15. The first-order valence-corrected chi connectivity index (χ1v) is 7.00. The van der Waals surface area contributed by atoms with Gasteiger partial charge >= 0.3 is 0 Å². The van der Waals surface area contributed by atoms with Crippen LogP contribution in [0.2, 0.25) is 5.02 Å². The van der Waals surface area contributed by atoms with Gasteiger partial charge in [-0.05, 0) is 17.5 Å². The summed E-state index contributed by atoms with van der Waals surface area (Å²) >= 11 is 6.87. The van der Waals surface area contributed by atoms with Gasteiger partial charge in [-0.15, -0.1) is 11.3 Å². The summed E-state index contributed by atoms with van der Waals surface area (Å²) in [7, 11) is -3.54. The molecule has 0 fully saturated rings.